The van der Waals surface area contributed by atoms with Crippen molar-refractivity contribution in [2.45, 2.75) is 31.7 Å². The summed E-state index contributed by atoms with van der Waals surface area (Å²) in [5.41, 5.74) is 0.622. The first-order chi connectivity index (χ1) is 10.2. The van der Waals surface area contributed by atoms with E-state index in [1.165, 1.54) is 38.1 Å². The Morgan fingerprint density at radius 1 is 1.13 bits per heavy atom. The topological polar surface area (TPSA) is 23.6 Å². The van der Waals surface area contributed by atoms with Crippen LogP contribution in [-0.4, -0.2) is 54.3 Å². The Kier molecular flexibility index (Phi) is 8.48. The highest BCUT2D eigenvalue weighted by atomic mass is 35.5. The first kappa shape index (κ1) is 20.4. The van der Waals surface area contributed by atoms with E-state index < -0.39 is 0 Å². The molecule has 2 aliphatic rings. The molecule has 0 radical (unpaired) electrons. The van der Waals surface area contributed by atoms with Crippen molar-refractivity contribution in [3.8, 4) is 0 Å². The van der Waals surface area contributed by atoms with Gasteiger partial charge in [0.1, 0.15) is 5.82 Å². The van der Waals surface area contributed by atoms with Gasteiger partial charge in [-0.1, -0.05) is 0 Å². The van der Waals surface area contributed by atoms with Gasteiger partial charge in [-0.15, -0.1) is 24.8 Å². The summed E-state index contributed by atoms with van der Waals surface area (Å²) in [5, 5.41) is 0. The van der Waals surface area contributed by atoms with Crippen LogP contribution < -0.4 is 0 Å². The number of Topliss-reactive ketones (excluding diaryl/α,β-unsaturated/α-hetero) is 1. The van der Waals surface area contributed by atoms with Gasteiger partial charge in [0.15, 0.2) is 5.78 Å². The lowest BCUT2D eigenvalue weighted by atomic mass is 10.1. The molecule has 0 aromatic heterocycles. The average molecular weight is 363 g/mol. The Morgan fingerprint density at radius 2 is 1.87 bits per heavy atom. The zero-order chi connectivity index (χ0) is 14.7. The molecule has 2 saturated heterocycles. The fourth-order valence-corrected chi connectivity index (χ4v) is 3.50. The monoisotopic (exact) mass is 362 g/mol. The van der Waals surface area contributed by atoms with E-state index in [9.17, 15) is 9.18 Å². The van der Waals surface area contributed by atoms with Crippen LogP contribution in [0.1, 0.15) is 36.0 Å². The first-order valence-corrected chi connectivity index (χ1v) is 7.97. The van der Waals surface area contributed by atoms with Crippen molar-refractivity contribution in [3.05, 3.63) is 35.6 Å². The van der Waals surface area contributed by atoms with Gasteiger partial charge in [0.2, 0.25) is 0 Å². The molecule has 1 aromatic carbocycles. The highest BCUT2D eigenvalue weighted by Gasteiger charge is 2.30. The molecule has 0 amide bonds. The predicted molar refractivity (Wildman–Crippen MR) is 95.5 cm³/mol. The van der Waals surface area contributed by atoms with Crippen LogP contribution in [0.15, 0.2) is 24.3 Å². The second-order valence-electron chi connectivity index (χ2n) is 6.17. The second kappa shape index (κ2) is 9.58. The lowest BCUT2D eigenvalue weighted by Gasteiger charge is -2.37. The summed E-state index contributed by atoms with van der Waals surface area (Å²) >= 11 is 0. The molecule has 130 valence electrons. The van der Waals surface area contributed by atoms with E-state index in [0.29, 0.717) is 12.0 Å². The molecule has 0 spiro atoms. The smallest absolute Gasteiger partial charge is 0.162 e. The van der Waals surface area contributed by atoms with E-state index in [1.54, 1.807) is 12.1 Å². The van der Waals surface area contributed by atoms with Crippen molar-refractivity contribution in [2.24, 2.45) is 0 Å². The molecule has 0 unspecified atom stereocenters. The maximum absolute atomic E-state index is 12.8. The van der Waals surface area contributed by atoms with Crippen molar-refractivity contribution in [3.63, 3.8) is 0 Å². The maximum atomic E-state index is 12.8. The summed E-state index contributed by atoms with van der Waals surface area (Å²) in [5.74, 6) is -0.171. The van der Waals surface area contributed by atoms with Gasteiger partial charge in [-0.25, -0.2) is 4.39 Å². The van der Waals surface area contributed by atoms with Crippen LogP contribution >= 0.6 is 24.8 Å². The average Bonchev–Trinajstić information content (AvgIpc) is 2.95. The van der Waals surface area contributed by atoms with Crippen molar-refractivity contribution < 1.29 is 9.18 Å². The summed E-state index contributed by atoms with van der Waals surface area (Å²) < 4.78 is 12.8. The molecule has 6 heteroatoms. The summed E-state index contributed by atoms with van der Waals surface area (Å²) in [6.07, 6.45) is 4.10. The number of hydrogen-bond donors (Lipinski definition) is 0. The van der Waals surface area contributed by atoms with Crippen LogP contribution in [0.3, 0.4) is 0 Å². The minimum Gasteiger partial charge on any atom is -0.300 e. The minimum absolute atomic E-state index is 0. The van der Waals surface area contributed by atoms with Gasteiger partial charge in [0.05, 0.1) is 0 Å². The third-order valence-electron chi connectivity index (χ3n) is 4.72. The molecule has 2 heterocycles. The molecule has 0 bridgehead atoms. The fourth-order valence-electron chi connectivity index (χ4n) is 3.50. The third kappa shape index (κ3) is 5.42. The molecule has 3 rings (SSSR count). The Balaban J connectivity index is 0.00000132. The Hall–Kier alpha value is -0.680. The summed E-state index contributed by atoms with van der Waals surface area (Å²) in [4.78, 5) is 17.1. The highest BCUT2D eigenvalue weighted by molar-refractivity contribution is 5.95. The molecule has 0 N–H and O–H groups in total. The molecule has 1 atom stereocenters. The second-order valence-corrected chi connectivity index (χ2v) is 6.17. The van der Waals surface area contributed by atoms with Crippen molar-refractivity contribution >= 4 is 30.6 Å². The SMILES string of the molecule is Cl.Cl.O=C(CCCN1CCN2CCC[C@@H]2C1)c1ccc(F)cc1. The van der Waals surface area contributed by atoms with Gasteiger partial charge in [-0.3, -0.25) is 9.69 Å². The van der Waals surface area contributed by atoms with Gasteiger partial charge < -0.3 is 4.90 Å². The van der Waals surface area contributed by atoms with Crippen LogP contribution in [0.25, 0.3) is 0 Å². The molecule has 2 aliphatic heterocycles. The first-order valence-electron chi connectivity index (χ1n) is 7.97. The largest absolute Gasteiger partial charge is 0.300 e. The van der Waals surface area contributed by atoms with Gasteiger partial charge in [0, 0.05) is 37.7 Å². The number of hydrogen-bond acceptors (Lipinski definition) is 3. The summed E-state index contributed by atoms with van der Waals surface area (Å²) in [7, 11) is 0. The van der Waals surface area contributed by atoms with Crippen LogP contribution in [0.4, 0.5) is 4.39 Å². The Bertz CT molecular complexity index is 498. The number of halogens is 3. The predicted octanol–water partition coefficient (Wildman–Crippen LogP) is 3.41. The lowest BCUT2D eigenvalue weighted by Crippen LogP contribution is -2.50. The Morgan fingerprint density at radius 3 is 2.61 bits per heavy atom. The van der Waals surface area contributed by atoms with E-state index in [4.69, 9.17) is 0 Å². The van der Waals surface area contributed by atoms with Gasteiger partial charge in [-0.2, -0.15) is 0 Å². The quantitative estimate of drug-likeness (QED) is 0.749. The van der Waals surface area contributed by atoms with Gasteiger partial charge in [0.25, 0.3) is 0 Å². The van der Waals surface area contributed by atoms with E-state index in [2.05, 4.69) is 9.80 Å². The van der Waals surface area contributed by atoms with E-state index in [-0.39, 0.29) is 36.4 Å². The number of carbonyl (C=O) groups is 1. The molecule has 1 aromatic rings. The highest BCUT2D eigenvalue weighted by Crippen LogP contribution is 2.21. The molecule has 23 heavy (non-hydrogen) atoms. The number of carbonyl (C=O) groups excluding carboxylic acids is 1. The van der Waals surface area contributed by atoms with Crippen molar-refractivity contribution in [2.75, 3.05) is 32.7 Å². The zero-order valence-corrected chi connectivity index (χ0v) is 14.9. The number of piperazine rings is 1. The van der Waals surface area contributed by atoms with Crippen LogP contribution in [0.2, 0.25) is 0 Å². The molecule has 3 nitrogen and oxygen atoms in total. The molecule has 0 aliphatic carbocycles. The van der Waals surface area contributed by atoms with Crippen LogP contribution in [-0.2, 0) is 0 Å². The fraction of sp³-hybridized carbons (Fsp3) is 0.588. The van der Waals surface area contributed by atoms with Crippen molar-refractivity contribution in [1.29, 1.82) is 0 Å². The van der Waals surface area contributed by atoms with Crippen LogP contribution in [0, 0.1) is 5.82 Å². The minimum atomic E-state index is -0.291. The zero-order valence-electron chi connectivity index (χ0n) is 13.2. The van der Waals surface area contributed by atoms with Crippen LogP contribution in [0.5, 0.6) is 0 Å². The molecule has 2 fully saturated rings. The van der Waals surface area contributed by atoms with Crippen molar-refractivity contribution in [1.82, 2.24) is 9.80 Å². The maximum Gasteiger partial charge on any atom is 0.162 e. The lowest BCUT2D eigenvalue weighted by molar-refractivity contribution is 0.0927. The number of benzene rings is 1. The number of nitrogens with zero attached hydrogens (tertiary/aromatic N) is 2. The number of fused-ring (bicyclic) bond motifs is 1. The van der Waals surface area contributed by atoms with E-state index in [1.807, 2.05) is 0 Å². The number of ketones is 1. The van der Waals surface area contributed by atoms with E-state index in [0.717, 1.165) is 32.1 Å². The standard InChI is InChI=1S/C17H23FN2O.2ClH/c18-15-7-5-14(6-8-15)17(21)4-2-9-19-11-12-20-10-1-3-16(20)13-19;;/h5-8,16H,1-4,9-13H2;2*1H/t16-;;/m1../s1. The molecular formula is C17H25Cl2FN2O. The Labute approximate surface area is 150 Å². The third-order valence-corrected chi connectivity index (χ3v) is 4.72. The molecule has 0 saturated carbocycles. The normalized spacial score (nSPS) is 21.2. The van der Waals surface area contributed by atoms with Gasteiger partial charge >= 0.3 is 0 Å². The van der Waals surface area contributed by atoms with E-state index >= 15 is 0 Å². The summed E-state index contributed by atoms with van der Waals surface area (Å²) in [6, 6.07) is 6.61. The number of rotatable bonds is 5. The molecular weight excluding hydrogens is 338 g/mol. The van der Waals surface area contributed by atoms with Gasteiger partial charge in [-0.05, 0) is 56.6 Å². The summed E-state index contributed by atoms with van der Waals surface area (Å²) in [6.45, 7) is 5.72.